The maximum absolute atomic E-state index is 12.6. The van der Waals surface area contributed by atoms with Crippen molar-refractivity contribution in [2.75, 3.05) is 0 Å². The zero-order valence-electron chi connectivity index (χ0n) is 13.5. The van der Waals surface area contributed by atoms with Gasteiger partial charge in [0.25, 0.3) is 0 Å². The second kappa shape index (κ2) is 5.79. The third-order valence-electron chi connectivity index (χ3n) is 4.78. The minimum atomic E-state index is -0.112. The Hall–Kier alpha value is -1.77. The minimum Gasteiger partial charge on any atom is -0.508 e. The summed E-state index contributed by atoms with van der Waals surface area (Å²) in [5.74, 6) is 0.724. The van der Waals surface area contributed by atoms with Crippen molar-refractivity contribution in [1.82, 2.24) is 5.32 Å². The molecule has 1 aromatic rings. The van der Waals surface area contributed by atoms with E-state index in [1.165, 1.54) is 19.3 Å². The highest BCUT2D eigenvalue weighted by Crippen LogP contribution is 2.33. The molecule has 3 nitrogen and oxygen atoms in total. The number of phenols is 1. The van der Waals surface area contributed by atoms with Crippen LogP contribution in [0.5, 0.6) is 5.75 Å². The Morgan fingerprint density at radius 1 is 1.27 bits per heavy atom. The fraction of sp³-hybridized carbons (Fsp3) is 0.526. The zero-order chi connectivity index (χ0) is 15.7. The van der Waals surface area contributed by atoms with E-state index in [-0.39, 0.29) is 23.0 Å². The van der Waals surface area contributed by atoms with E-state index < -0.39 is 0 Å². The van der Waals surface area contributed by atoms with E-state index >= 15 is 0 Å². The number of carbonyl (C=O) groups excluding carboxylic acids is 1. The van der Waals surface area contributed by atoms with Gasteiger partial charge >= 0.3 is 0 Å². The van der Waals surface area contributed by atoms with Gasteiger partial charge in [-0.15, -0.1) is 0 Å². The Bertz CT molecular complexity index is 610. The summed E-state index contributed by atoms with van der Waals surface area (Å²) in [5, 5.41) is 13.2. The molecule has 0 spiro atoms. The van der Waals surface area contributed by atoms with Gasteiger partial charge in [-0.25, -0.2) is 0 Å². The Morgan fingerprint density at radius 2 is 2.00 bits per heavy atom. The second-order valence-electron chi connectivity index (χ2n) is 7.32. The molecule has 0 aromatic heterocycles. The fourth-order valence-electron chi connectivity index (χ4n) is 3.70. The predicted octanol–water partition coefficient (Wildman–Crippen LogP) is 3.81. The third kappa shape index (κ3) is 3.18. The number of phenolic OH excluding ortho intramolecular Hbond substituents is 1. The van der Waals surface area contributed by atoms with Crippen LogP contribution in [0.4, 0.5) is 0 Å². The average molecular weight is 299 g/mol. The van der Waals surface area contributed by atoms with Gasteiger partial charge in [-0.2, -0.15) is 0 Å². The summed E-state index contributed by atoms with van der Waals surface area (Å²) in [6, 6.07) is 5.42. The Kier molecular flexibility index (Phi) is 3.98. The van der Waals surface area contributed by atoms with Crippen molar-refractivity contribution in [2.45, 2.75) is 57.9 Å². The van der Waals surface area contributed by atoms with Crippen molar-refractivity contribution in [1.29, 1.82) is 0 Å². The summed E-state index contributed by atoms with van der Waals surface area (Å²) in [5.41, 5.74) is 2.94. The Morgan fingerprint density at radius 3 is 2.73 bits per heavy atom. The number of carbonyl (C=O) groups is 1. The van der Waals surface area contributed by atoms with Gasteiger partial charge in [-0.05, 0) is 56.9 Å². The van der Waals surface area contributed by atoms with Gasteiger partial charge in [0.15, 0.2) is 5.78 Å². The van der Waals surface area contributed by atoms with E-state index in [9.17, 15) is 9.90 Å². The predicted molar refractivity (Wildman–Crippen MR) is 88.6 cm³/mol. The highest BCUT2D eigenvalue weighted by Gasteiger charge is 2.29. The quantitative estimate of drug-likeness (QED) is 0.817. The van der Waals surface area contributed by atoms with Crippen LogP contribution in [-0.4, -0.2) is 16.4 Å². The maximum atomic E-state index is 12.6. The molecule has 0 saturated heterocycles. The highest BCUT2D eigenvalue weighted by atomic mass is 16.3. The van der Waals surface area contributed by atoms with E-state index in [1.54, 1.807) is 12.1 Å². The molecule has 1 aromatic carbocycles. The molecule has 1 aliphatic heterocycles. The number of allylic oxidation sites excluding steroid dienone is 1. The topological polar surface area (TPSA) is 49.3 Å². The first-order valence-electron chi connectivity index (χ1n) is 8.31. The van der Waals surface area contributed by atoms with E-state index in [0.29, 0.717) is 0 Å². The Labute approximate surface area is 132 Å². The van der Waals surface area contributed by atoms with E-state index in [0.717, 1.165) is 36.1 Å². The Balaban J connectivity index is 1.92. The molecule has 1 saturated carbocycles. The summed E-state index contributed by atoms with van der Waals surface area (Å²) in [6.07, 6.45) is 8.28. The number of hydrogen-bond acceptors (Lipinski definition) is 3. The molecule has 0 atom stereocenters. The lowest BCUT2D eigenvalue weighted by Crippen LogP contribution is -2.44. The molecular weight excluding hydrogens is 274 g/mol. The van der Waals surface area contributed by atoms with Crippen molar-refractivity contribution in [2.24, 2.45) is 5.92 Å². The van der Waals surface area contributed by atoms with E-state index in [4.69, 9.17) is 0 Å². The molecule has 2 aliphatic rings. The molecule has 22 heavy (non-hydrogen) atoms. The second-order valence-corrected chi connectivity index (χ2v) is 7.32. The number of ketones is 1. The lowest BCUT2D eigenvalue weighted by molar-refractivity contribution is -0.119. The van der Waals surface area contributed by atoms with E-state index in [1.807, 2.05) is 12.1 Å². The van der Waals surface area contributed by atoms with Crippen LogP contribution >= 0.6 is 0 Å². The molecular formula is C19H25NO2. The number of benzene rings is 1. The van der Waals surface area contributed by atoms with Gasteiger partial charge in [0, 0.05) is 28.8 Å². The molecule has 1 fully saturated rings. The molecule has 1 aliphatic carbocycles. The van der Waals surface area contributed by atoms with Gasteiger partial charge in [-0.1, -0.05) is 19.3 Å². The van der Waals surface area contributed by atoms with Crippen LogP contribution in [0.2, 0.25) is 0 Å². The summed E-state index contributed by atoms with van der Waals surface area (Å²) in [4.78, 5) is 12.6. The molecule has 118 valence electrons. The van der Waals surface area contributed by atoms with Crippen molar-refractivity contribution in [3.63, 3.8) is 0 Å². The number of fused-ring (bicyclic) bond motifs is 1. The average Bonchev–Trinajstić information content (AvgIpc) is 2.46. The lowest BCUT2D eigenvalue weighted by Gasteiger charge is -2.36. The van der Waals surface area contributed by atoms with Crippen LogP contribution < -0.4 is 5.32 Å². The first-order chi connectivity index (χ1) is 10.4. The van der Waals surface area contributed by atoms with Crippen LogP contribution in [0.1, 0.15) is 57.1 Å². The summed E-state index contributed by atoms with van der Waals surface area (Å²) < 4.78 is 0. The minimum absolute atomic E-state index is 0.112. The van der Waals surface area contributed by atoms with E-state index in [2.05, 4.69) is 19.2 Å². The lowest BCUT2D eigenvalue weighted by atomic mass is 9.83. The van der Waals surface area contributed by atoms with Crippen LogP contribution in [0, 0.1) is 5.92 Å². The van der Waals surface area contributed by atoms with Crippen LogP contribution in [0.25, 0.3) is 5.70 Å². The fourth-order valence-corrected chi connectivity index (χ4v) is 3.70. The van der Waals surface area contributed by atoms with Crippen LogP contribution in [-0.2, 0) is 11.2 Å². The van der Waals surface area contributed by atoms with Crippen molar-refractivity contribution < 1.29 is 9.90 Å². The third-order valence-corrected chi connectivity index (χ3v) is 4.78. The molecule has 0 amide bonds. The molecule has 0 radical (unpaired) electrons. The molecule has 0 bridgehead atoms. The summed E-state index contributed by atoms with van der Waals surface area (Å²) in [6.45, 7) is 4.25. The standard InChI is InChI=1S/C19H25NO2/c1-19(2)12-14-10-15(21)8-9-16(14)17(20-19)11-18(22)13-6-4-3-5-7-13/h8-11,13,20-21H,3-7,12H2,1-2H3. The number of rotatable bonds is 2. The largest absolute Gasteiger partial charge is 0.508 e. The monoisotopic (exact) mass is 299 g/mol. The smallest absolute Gasteiger partial charge is 0.160 e. The van der Waals surface area contributed by atoms with Crippen LogP contribution in [0.3, 0.4) is 0 Å². The summed E-state index contributed by atoms with van der Waals surface area (Å²) in [7, 11) is 0. The molecule has 0 unspecified atom stereocenters. The SMILES string of the molecule is CC1(C)Cc2cc(O)ccc2C(=CC(=O)C2CCCCC2)N1. The van der Waals surface area contributed by atoms with Crippen molar-refractivity contribution in [3.8, 4) is 5.75 Å². The number of aromatic hydroxyl groups is 1. The molecule has 1 heterocycles. The normalized spacial score (nSPS) is 22.9. The van der Waals surface area contributed by atoms with Crippen LogP contribution in [0.15, 0.2) is 24.3 Å². The van der Waals surface area contributed by atoms with Crippen molar-refractivity contribution >= 4 is 11.5 Å². The number of nitrogens with one attached hydrogen (secondary N) is 1. The molecule has 2 N–H and O–H groups in total. The summed E-state index contributed by atoms with van der Waals surface area (Å²) >= 11 is 0. The van der Waals surface area contributed by atoms with Gasteiger partial charge in [-0.3, -0.25) is 4.79 Å². The maximum Gasteiger partial charge on any atom is 0.160 e. The molecule has 3 rings (SSSR count). The first kappa shape index (κ1) is 15.1. The van der Waals surface area contributed by atoms with Gasteiger partial charge in [0.2, 0.25) is 0 Å². The zero-order valence-corrected chi connectivity index (χ0v) is 13.5. The van der Waals surface area contributed by atoms with Gasteiger partial charge in [0.05, 0.1) is 0 Å². The highest BCUT2D eigenvalue weighted by molar-refractivity contribution is 5.98. The van der Waals surface area contributed by atoms with Gasteiger partial charge < -0.3 is 10.4 Å². The first-order valence-corrected chi connectivity index (χ1v) is 8.31. The number of hydrogen-bond donors (Lipinski definition) is 2. The van der Waals surface area contributed by atoms with Gasteiger partial charge in [0.1, 0.15) is 5.75 Å². The molecule has 3 heteroatoms. The van der Waals surface area contributed by atoms with Crippen molar-refractivity contribution in [3.05, 3.63) is 35.4 Å².